The standard InChI is InChI=1S/C52H32N4S/c1-4-16-34(17-5-1)47-32-44-51(57-47)48(35-18-6-2-7-19-35)54-52(53-44)56-45-26-13-12-23-40(45)41-25-14-24-39(50(41)56)36-28-30-46-43(31-36)42-29-27-33-15-10-11-22-38(33)49(42)55(46)37-20-8-3-9-21-37/h1-32H. The molecular weight excluding hydrogens is 713 g/mol. The minimum Gasteiger partial charge on any atom is -0.309 e. The quantitative estimate of drug-likeness (QED) is 0.176. The van der Waals surface area contributed by atoms with Crippen LogP contribution in [0.3, 0.4) is 0 Å². The van der Waals surface area contributed by atoms with Gasteiger partial charge < -0.3 is 4.57 Å². The van der Waals surface area contributed by atoms with Crippen molar-refractivity contribution < 1.29 is 0 Å². The van der Waals surface area contributed by atoms with Crippen molar-refractivity contribution in [3.05, 3.63) is 194 Å². The van der Waals surface area contributed by atoms with E-state index in [-0.39, 0.29) is 0 Å². The zero-order valence-corrected chi connectivity index (χ0v) is 31.5. The van der Waals surface area contributed by atoms with E-state index >= 15 is 0 Å². The molecule has 0 aliphatic carbocycles. The van der Waals surface area contributed by atoms with Gasteiger partial charge in [0, 0.05) is 48.6 Å². The van der Waals surface area contributed by atoms with E-state index in [1.165, 1.54) is 53.8 Å². The molecule has 0 saturated heterocycles. The average molecular weight is 745 g/mol. The van der Waals surface area contributed by atoms with Crippen LogP contribution in [0.25, 0.3) is 109 Å². The van der Waals surface area contributed by atoms with Crippen LogP contribution >= 0.6 is 11.3 Å². The molecule has 0 bridgehead atoms. The second-order valence-corrected chi connectivity index (χ2v) is 15.6. The second-order valence-electron chi connectivity index (χ2n) is 14.6. The molecule has 4 nitrogen and oxygen atoms in total. The first-order valence-electron chi connectivity index (χ1n) is 19.3. The Kier molecular flexibility index (Phi) is 7.06. The van der Waals surface area contributed by atoms with Crippen molar-refractivity contribution in [2.45, 2.75) is 0 Å². The Labute approximate surface area is 332 Å². The molecule has 0 radical (unpaired) electrons. The van der Waals surface area contributed by atoms with Crippen molar-refractivity contribution in [1.82, 2.24) is 19.1 Å². The largest absolute Gasteiger partial charge is 0.309 e. The van der Waals surface area contributed by atoms with Crippen LogP contribution < -0.4 is 0 Å². The molecule has 0 aliphatic rings. The van der Waals surface area contributed by atoms with Crippen molar-refractivity contribution in [2.24, 2.45) is 0 Å². The first-order valence-corrected chi connectivity index (χ1v) is 20.1. The van der Waals surface area contributed by atoms with Crippen LogP contribution in [0.1, 0.15) is 0 Å². The molecule has 0 atom stereocenters. The van der Waals surface area contributed by atoms with Gasteiger partial charge in [-0.15, -0.1) is 11.3 Å². The van der Waals surface area contributed by atoms with Crippen LogP contribution in [0, 0.1) is 0 Å². The fourth-order valence-electron chi connectivity index (χ4n) is 8.81. The lowest BCUT2D eigenvalue weighted by molar-refractivity contribution is 1.02. The Morgan fingerprint density at radius 3 is 1.89 bits per heavy atom. The summed E-state index contributed by atoms with van der Waals surface area (Å²) in [4.78, 5) is 12.0. The highest BCUT2D eigenvalue weighted by Gasteiger charge is 2.22. The van der Waals surface area contributed by atoms with Crippen molar-refractivity contribution in [3.8, 4) is 44.5 Å². The van der Waals surface area contributed by atoms with Crippen LogP contribution in [0.5, 0.6) is 0 Å². The fraction of sp³-hybridized carbons (Fsp3) is 0. The van der Waals surface area contributed by atoms with Crippen molar-refractivity contribution in [1.29, 1.82) is 0 Å². The minimum atomic E-state index is 0.658. The maximum Gasteiger partial charge on any atom is 0.235 e. The molecule has 8 aromatic carbocycles. The molecule has 12 rings (SSSR count). The summed E-state index contributed by atoms with van der Waals surface area (Å²) in [5.41, 5.74) is 12.1. The summed E-state index contributed by atoms with van der Waals surface area (Å²) < 4.78 is 5.79. The molecule has 4 aromatic heterocycles. The van der Waals surface area contributed by atoms with Gasteiger partial charge in [-0.25, -0.2) is 9.97 Å². The van der Waals surface area contributed by atoms with Gasteiger partial charge in [0.25, 0.3) is 0 Å². The number of rotatable bonds is 5. The maximum atomic E-state index is 5.47. The normalized spacial score (nSPS) is 11.9. The molecule has 0 unspecified atom stereocenters. The third kappa shape index (κ3) is 4.93. The molecule has 266 valence electrons. The van der Waals surface area contributed by atoms with Crippen LogP contribution in [0.15, 0.2) is 194 Å². The Hall–Kier alpha value is -7.34. The fourth-order valence-corrected chi connectivity index (χ4v) is 9.92. The highest BCUT2D eigenvalue weighted by Crippen LogP contribution is 2.43. The van der Waals surface area contributed by atoms with Crippen molar-refractivity contribution in [2.75, 3.05) is 0 Å². The van der Waals surface area contributed by atoms with E-state index < -0.39 is 0 Å². The van der Waals surface area contributed by atoms with Gasteiger partial charge in [0.15, 0.2) is 0 Å². The number of benzene rings is 8. The molecule has 12 aromatic rings. The molecule has 0 amide bonds. The highest BCUT2D eigenvalue weighted by molar-refractivity contribution is 7.22. The van der Waals surface area contributed by atoms with E-state index in [9.17, 15) is 0 Å². The molecular formula is C52H32N4S. The van der Waals surface area contributed by atoms with Gasteiger partial charge >= 0.3 is 0 Å². The third-order valence-electron chi connectivity index (χ3n) is 11.3. The molecule has 57 heavy (non-hydrogen) atoms. The number of aromatic nitrogens is 4. The predicted molar refractivity (Wildman–Crippen MR) is 240 cm³/mol. The summed E-state index contributed by atoms with van der Waals surface area (Å²) in [5, 5.41) is 7.25. The van der Waals surface area contributed by atoms with Gasteiger partial charge in [-0.3, -0.25) is 4.57 Å². The van der Waals surface area contributed by atoms with E-state index in [2.05, 4.69) is 203 Å². The summed E-state index contributed by atoms with van der Waals surface area (Å²) in [6, 6.07) is 69.6. The van der Waals surface area contributed by atoms with Crippen molar-refractivity contribution >= 4 is 75.9 Å². The molecule has 0 spiro atoms. The first kappa shape index (κ1) is 32.0. The van der Waals surface area contributed by atoms with E-state index in [4.69, 9.17) is 9.97 Å². The molecule has 0 N–H and O–H groups in total. The lowest BCUT2D eigenvalue weighted by Crippen LogP contribution is -2.03. The highest BCUT2D eigenvalue weighted by atomic mass is 32.1. The average Bonchev–Trinajstić information content (AvgIpc) is 3.97. The van der Waals surface area contributed by atoms with Gasteiger partial charge in [0.2, 0.25) is 5.95 Å². The Bertz CT molecular complexity index is 3510. The van der Waals surface area contributed by atoms with E-state index in [1.54, 1.807) is 11.3 Å². The molecule has 4 heterocycles. The van der Waals surface area contributed by atoms with E-state index in [1.807, 2.05) is 0 Å². The van der Waals surface area contributed by atoms with Gasteiger partial charge in [0.05, 0.1) is 38.0 Å². The minimum absolute atomic E-state index is 0.658. The Balaban J connectivity index is 1.15. The van der Waals surface area contributed by atoms with Crippen LogP contribution in [-0.4, -0.2) is 19.1 Å². The van der Waals surface area contributed by atoms with Crippen LogP contribution in [0.2, 0.25) is 0 Å². The zero-order chi connectivity index (χ0) is 37.5. The van der Waals surface area contributed by atoms with Crippen LogP contribution in [-0.2, 0) is 0 Å². The molecule has 5 heteroatoms. The SMILES string of the molecule is c1ccc(-c2cc3nc(-n4c5ccccc5c5cccc(-c6ccc7c(c6)c6ccc8ccccc8c6n7-c6ccccc6)c54)nc(-c4ccccc4)c3s2)cc1. The molecule has 0 aliphatic heterocycles. The Morgan fingerprint density at radius 2 is 1.07 bits per heavy atom. The lowest BCUT2D eigenvalue weighted by Gasteiger charge is -2.13. The number of thiophene rings is 1. The summed E-state index contributed by atoms with van der Waals surface area (Å²) in [6.45, 7) is 0. The molecule has 0 saturated carbocycles. The number of hydrogen-bond donors (Lipinski definition) is 0. The molecule has 0 fully saturated rings. The Morgan fingerprint density at radius 1 is 0.404 bits per heavy atom. The third-order valence-corrected chi connectivity index (χ3v) is 12.5. The number of para-hydroxylation sites is 3. The summed E-state index contributed by atoms with van der Waals surface area (Å²) >= 11 is 1.75. The second kappa shape index (κ2) is 12.6. The smallest absolute Gasteiger partial charge is 0.235 e. The maximum absolute atomic E-state index is 5.47. The first-order chi connectivity index (χ1) is 28.3. The van der Waals surface area contributed by atoms with Gasteiger partial charge in [-0.2, -0.15) is 0 Å². The number of hydrogen-bond acceptors (Lipinski definition) is 3. The number of nitrogens with zero attached hydrogens (tertiary/aromatic N) is 4. The summed E-state index contributed by atoms with van der Waals surface area (Å²) in [7, 11) is 0. The number of fused-ring (bicyclic) bond motifs is 9. The van der Waals surface area contributed by atoms with Crippen LogP contribution in [0.4, 0.5) is 0 Å². The van der Waals surface area contributed by atoms with E-state index in [0.29, 0.717) is 5.95 Å². The van der Waals surface area contributed by atoms with Gasteiger partial charge in [0.1, 0.15) is 0 Å². The predicted octanol–water partition coefficient (Wildman–Crippen LogP) is 14.0. The monoisotopic (exact) mass is 744 g/mol. The topological polar surface area (TPSA) is 35.6 Å². The van der Waals surface area contributed by atoms with Gasteiger partial charge in [-0.1, -0.05) is 158 Å². The lowest BCUT2D eigenvalue weighted by atomic mass is 9.99. The zero-order valence-electron chi connectivity index (χ0n) is 30.7. The van der Waals surface area contributed by atoms with Gasteiger partial charge in [-0.05, 0) is 52.9 Å². The summed E-state index contributed by atoms with van der Waals surface area (Å²) in [6.07, 6.45) is 0. The van der Waals surface area contributed by atoms with Crippen molar-refractivity contribution in [3.63, 3.8) is 0 Å². The summed E-state index contributed by atoms with van der Waals surface area (Å²) in [5.74, 6) is 0.658. The van der Waals surface area contributed by atoms with E-state index in [0.717, 1.165) is 49.3 Å².